The number of aryl methyl sites for hydroxylation is 2. The summed E-state index contributed by atoms with van der Waals surface area (Å²) in [6.45, 7) is 10.8. The Balaban J connectivity index is 1.54. The first-order chi connectivity index (χ1) is 12.1. The molecule has 7 nitrogen and oxygen atoms in total. The molecule has 1 saturated heterocycles. The number of aromatic nitrogens is 3. The summed E-state index contributed by atoms with van der Waals surface area (Å²) >= 11 is 0. The van der Waals surface area contributed by atoms with Gasteiger partial charge in [0.25, 0.3) is 0 Å². The number of hydrogen-bond acceptors (Lipinski definition) is 4. The van der Waals surface area contributed by atoms with Crippen LogP contribution in [0.5, 0.6) is 0 Å². The predicted molar refractivity (Wildman–Crippen MR) is 97.5 cm³/mol. The van der Waals surface area contributed by atoms with Crippen molar-refractivity contribution in [3.05, 3.63) is 41.5 Å². The molecule has 7 heteroatoms. The number of piperazine rings is 1. The van der Waals surface area contributed by atoms with E-state index < -0.39 is 0 Å². The summed E-state index contributed by atoms with van der Waals surface area (Å²) < 4.78 is 1.91. The molecule has 1 aliphatic heterocycles. The summed E-state index contributed by atoms with van der Waals surface area (Å²) in [5.74, 6) is 0. The molecule has 0 saturated carbocycles. The Hall–Kier alpha value is -2.41. The molecule has 0 radical (unpaired) electrons. The molecular formula is C18H26N6O. The Bertz CT molecular complexity index is 719. The van der Waals surface area contributed by atoms with E-state index in [0.717, 1.165) is 62.0 Å². The monoisotopic (exact) mass is 342 g/mol. The fraction of sp³-hybridized carbons (Fsp3) is 0.500. The van der Waals surface area contributed by atoms with Gasteiger partial charge in [-0.3, -0.25) is 14.6 Å². The lowest BCUT2D eigenvalue weighted by molar-refractivity contribution is 0.142. The molecule has 0 unspecified atom stereocenters. The number of urea groups is 1. The SMILES string of the molecule is CCn1nc(C)c(NC(=O)N2CCN(Cc3ccccn3)CC2)c1C. The van der Waals surface area contributed by atoms with Gasteiger partial charge in [-0.05, 0) is 32.9 Å². The second-order valence-corrected chi connectivity index (χ2v) is 6.38. The van der Waals surface area contributed by atoms with Crippen LogP contribution in [0.2, 0.25) is 0 Å². The maximum Gasteiger partial charge on any atom is 0.322 e. The van der Waals surface area contributed by atoms with Crippen LogP contribution in [0, 0.1) is 13.8 Å². The molecule has 0 spiro atoms. The van der Waals surface area contributed by atoms with Crippen molar-refractivity contribution in [1.29, 1.82) is 0 Å². The lowest BCUT2D eigenvalue weighted by atomic mass is 10.2. The fourth-order valence-electron chi connectivity index (χ4n) is 3.20. The molecule has 0 bridgehead atoms. The van der Waals surface area contributed by atoms with Crippen molar-refractivity contribution in [3.8, 4) is 0 Å². The van der Waals surface area contributed by atoms with E-state index in [0.29, 0.717) is 0 Å². The minimum absolute atomic E-state index is 0.0423. The molecule has 134 valence electrons. The van der Waals surface area contributed by atoms with Crippen LogP contribution >= 0.6 is 0 Å². The molecule has 25 heavy (non-hydrogen) atoms. The van der Waals surface area contributed by atoms with Crippen LogP contribution in [0.15, 0.2) is 24.4 Å². The summed E-state index contributed by atoms with van der Waals surface area (Å²) in [7, 11) is 0. The zero-order valence-corrected chi connectivity index (χ0v) is 15.2. The third-order valence-electron chi connectivity index (χ3n) is 4.68. The lowest BCUT2D eigenvalue weighted by Gasteiger charge is -2.34. The Labute approximate surface area is 148 Å². The molecule has 3 rings (SSSR count). The Morgan fingerprint density at radius 2 is 1.96 bits per heavy atom. The van der Waals surface area contributed by atoms with E-state index in [-0.39, 0.29) is 6.03 Å². The number of hydrogen-bond donors (Lipinski definition) is 1. The van der Waals surface area contributed by atoms with Crippen LogP contribution in [0.1, 0.15) is 24.0 Å². The number of carbonyl (C=O) groups excluding carboxylic acids is 1. The number of nitrogens with one attached hydrogen (secondary N) is 1. The van der Waals surface area contributed by atoms with Crippen LogP contribution in [-0.4, -0.2) is 56.8 Å². The van der Waals surface area contributed by atoms with Crippen molar-refractivity contribution < 1.29 is 4.79 Å². The smallest absolute Gasteiger partial charge is 0.322 e. The van der Waals surface area contributed by atoms with Gasteiger partial charge in [-0.2, -0.15) is 5.10 Å². The van der Waals surface area contributed by atoms with Gasteiger partial charge in [0.1, 0.15) is 0 Å². The van der Waals surface area contributed by atoms with E-state index in [9.17, 15) is 4.79 Å². The maximum absolute atomic E-state index is 12.6. The molecule has 1 N–H and O–H groups in total. The van der Waals surface area contributed by atoms with Gasteiger partial charge in [-0.15, -0.1) is 0 Å². The van der Waals surface area contributed by atoms with Crippen molar-refractivity contribution in [2.45, 2.75) is 33.9 Å². The van der Waals surface area contributed by atoms with Crippen molar-refractivity contribution in [3.63, 3.8) is 0 Å². The Morgan fingerprint density at radius 1 is 1.20 bits per heavy atom. The van der Waals surface area contributed by atoms with Gasteiger partial charge in [-0.25, -0.2) is 4.79 Å². The van der Waals surface area contributed by atoms with Crippen molar-refractivity contribution in [1.82, 2.24) is 24.6 Å². The highest BCUT2D eigenvalue weighted by Crippen LogP contribution is 2.20. The number of pyridine rings is 1. The highest BCUT2D eigenvalue weighted by molar-refractivity contribution is 5.90. The maximum atomic E-state index is 12.6. The van der Waals surface area contributed by atoms with Crippen molar-refractivity contribution >= 4 is 11.7 Å². The average molecular weight is 342 g/mol. The Kier molecular flexibility index (Phi) is 5.33. The molecule has 1 aliphatic rings. The van der Waals surface area contributed by atoms with Gasteiger partial charge in [0, 0.05) is 45.5 Å². The minimum Gasteiger partial charge on any atom is -0.322 e. The minimum atomic E-state index is -0.0423. The van der Waals surface area contributed by atoms with Crippen molar-refractivity contribution in [2.24, 2.45) is 0 Å². The predicted octanol–water partition coefficient (Wildman–Crippen LogP) is 2.26. The second-order valence-electron chi connectivity index (χ2n) is 6.38. The fourth-order valence-corrected chi connectivity index (χ4v) is 3.20. The summed E-state index contributed by atoms with van der Waals surface area (Å²) in [4.78, 5) is 21.2. The van der Waals surface area contributed by atoms with Gasteiger partial charge < -0.3 is 10.2 Å². The van der Waals surface area contributed by atoms with Gasteiger partial charge in [0.05, 0.1) is 22.8 Å². The molecule has 2 aromatic heterocycles. The van der Waals surface area contributed by atoms with Crippen LogP contribution in [0.4, 0.5) is 10.5 Å². The molecule has 1 fully saturated rings. The summed E-state index contributed by atoms with van der Waals surface area (Å²) in [5, 5.41) is 7.49. The first-order valence-corrected chi connectivity index (χ1v) is 8.80. The zero-order chi connectivity index (χ0) is 17.8. The first-order valence-electron chi connectivity index (χ1n) is 8.80. The van der Waals surface area contributed by atoms with Crippen LogP contribution in [0.3, 0.4) is 0 Å². The summed E-state index contributed by atoms with van der Waals surface area (Å²) in [6, 6.07) is 5.93. The van der Waals surface area contributed by atoms with Gasteiger partial charge in [0.2, 0.25) is 0 Å². The molecule has 3 heterocycles. The van der Waals surface area contributed by atoms with Gasteiger partial charge >= 0.3 is 6.03 Å². The first kappa shape index (κ1) is 17.4. The number of nitrogens with zero attached hydrogens (tertiary/aromatic N) is 5. The molecule has 2 amide bonds. The average Bonchev–Trinajstić information content (AvgIpc) is 2.90. The number of rotatable bonds is 4. The third-order valence-corrected chi connectivity index (χ3v) is 4.68. The molecule has 0 aliphatic carbocycles. The number of amides is 2. The van der Waals surface area contributed by atoms with Crippen LogP contribution < -0.4 is 5.32 Å². The van der Waals surface area contributed by atoms with E-state index in [4.69, 9.17) is 0 Å². The highest BCUT2D eigenvalue weighted by atomic mass is 16.2. The zero-order valence-electron chi connectivity index (χ0n) is 15.2. The van der Waals surface area contributed by atoms with E-state index in [1.165, 1.54) is 0 Å². The molecule has 0 atom stereocenters. The summed E-state index contributed by atoms with van der Waals surface area (Å²) in [6.07, 6.45) is 1.82. The second kappa shape index (κ2) is 7.65. The topological polar surface area (TPSA) is 66.3 Å². The van der Waals surface area contributed by atoms with Gasteiger partial charge in [0.15, 0.2) is 0 Å². The van der Waals surface area contributed by atoms with Crippen molar-refractivity contribution in [2.75, 3.05) is 31.5 Å². The number of carbonyl (C=O) groups is 1. The number of anilines is 1. The summed E-state index contributed by atoms with van der Waals surface area (Å²) in [5.41, 5.74) is 3.77. The van der Waals surface area contributed by atoms with E-state index in [1.807, 2.05) is 54.7 Å². The van der Waals surface area contributed by atoms with E-state index in [2.05, 4.69) is 20.3 Å². The van der Waals surface area contributed by atoms with Gasteiger partial charge in [-0.1, -0.05) is 6.07 Å². The van der Waals surface area contributed by atoms with Crippen LogP contribution in [-0.2, 0) is 13.1 Å². The largest absolute Gasteiger partial charge is 0.322 e. The third kappa shape index (κ3) is 3.99. The van der Waals surface area contributed by atoms with E-state index in [1.54, 1.807) is 0 Å². The van der Waals surface area contributed by atoms with E-state index >= 15 is 0 Å². The standard InChI is InChI=1S/C18H26N6O/c1-4-24-15(3)17(14(2)21-24)20-18(25)23-11-9-22(10-12-23)13-16-7-5-6-8-19-16/h5-8H,4,9-13H2,1-3H3,(H,20,25). The quantitative estimate of drug-likeness (QED) is 0.926. The normalized spacial score (nSPS) is 15.4. The lowest BCUT2D eigenvalue weighted by Crippen LogP contribution is -2.49. The highest BCUT2D eigenvalue weighted by Gasteiger charge is 2.23. The molecule has 0 aromatic carbocycles. The Morgan fingerprint density at radius 3 is 2.56 bits per heavy atom. The van der Waals surface area contributed by atoms with Crippen LogP contribution in [0.25, 0.3) is 0 Å². The molecule has 2 aromatic rings. The molecular weight excluding hydrogens is 316 g/mol.